The zero-order chi connectivity index (χ0) is 10.1. The summed E-state index contributed by atoms with van der Waals surface area (Å²) in [7, 11) is 0. The van der Waals surface area contributed by atoms with E-state index >= 15 is 0 Å². The maximum atomic E-state index is 11.6. The van der Waals surface area contributed by atoms with Crippen LogP contribution < -0.4 is 11.3 Å². The van der Waals surface area contributed by atoms with Crippen molar-refractivity contribution in [1.29, 1.82) is 0 Å². The van der Waals surface area contributed by atoms with Crippen LogP contribution in [0, 0.1) is 6.92 Å². The lowest BCUT2D eigenvalue weighted by Gasteiger charge is -2.03. The van der Waals surface area contributed by atoms with Gasteiger partial charge in [-0.1, -0.05) is 12.1 Å². The standard InChI is InChI=1S/C11H12N2O/c1-7-3-2-4-9-10(7)5-8(6-12)13-11(9)14/h2-5H,6,12H2,1H3,(H,13,14). The highest BCUT2D eigenvalue weighted by atomic mass is 16.1. The molecule has 0 saturated carbocycles. The highest BCUT2D eigenvalue weighted by Gasteiger charge is 2.02. The molecule has 14 heavy (non-hydrogen) atoms. The Morgan fingerprint density at radius 2 is 2.14 bits per heavy atom. The normalized spacial score (nSPS) is 10.7. The average molecular weight is 188 g/mol. The Bertz CT molecular complexity index is 528. The maximum absolute atomic E-state index is 11.6. The third-order valence-electron chi connectivity index (χ3n) is 2.38. The van der Waals surface area contributed by atoms with Crippen LogP contribution in [0.2, 0.25) is 0 Å². The van der Waals surface area contributed by atoms with Crippen molar-refractivity contribution in [2.45, 2.75) is 13.5 Å². The predicted molar refractivity (Wildman–Crippen MR) is 57.2 cm³/mol. The summed E-state index contributed by atoms with van der Waals surface area (Å²) in [6, 6.07) is 7.63. The van der Waals surface area contributed by atoms with Gasteiger partial charge in [-0.15, -0.1) is 0 Å². The molecule has 0 amide bonds. The third kappa shape index (κ3) is 1.32. The molecule has 2 rings (SSSR count). The van der Waals surface area contributed by atoms with Gasteiger partial charge in [0, 0.05) is 17.6 Å². The van der Waals surface area contributed by atoms with E-state index in [4.69, 9.17) is 5.73 Å². The lowest BCUT2D eigenvalue weighted by atomic mass is 10.1. The van der Waals surface area contributed by atoms with Crippen molar-refractivity contribution in [1.82, 2.24) is 4.98 Å². The molecule has 0 atom stereocenters. The van der Waals surface area contributed by atoms with Crippen LogP contribution in [0.4, 0.5) is 0 Å². The Balaban J connectivity index is 2.91. The fourth-order valence-corrected chi connectivity index (χ4v) is 1.60. The molecule has 0 aliphatic rings. The summed E-state index contributed by atoms with van der Waals surface area (Å²) in [6.45, 7) is 2.35. The molecule has 0 radical (unpaired) electrons. The van der Waals surface area contributed by atoms with Gasteiger partial charge in [-0.2, -0.15) is 0 Å². The van der Waals surface area contributed by atoms with Crippen LogP contribution >= 0.6 is 0 Å². The SMILES string of the molecule is Cc1cccc2c(=O)[nH]c(CN)cc12. The molecule has 3 N–H and O–H groups in total. The van der Waals surface area contributed by atoms with Gasteiger partial charge in [-0.3, -0.25) is 4.79 Å². The number of pyridine rings is 1. The van der Waals surface area contributed by atoms with Crippen LogP contribution in [0.3, 0.4) is 0 Å². The molecule has 1 aromatic carbocycles. The van der Waals surface area contributed by atoms with Crippen LogP contribution in [0.1, 0.15) is 11.3 Å². The van der Waals surface area contributed by atoms with Crippen molar-refractivity contribution in [3.05, 3.63) is 45.9 Å². The van der Waals surface area contributed by atoms with Crippen molar-refractivity contribution >= 4 is 10.8 Å². The summed E-state index contributed by atoms with van der Waals surface area (Å²) >= 11 is 0. The Kier molecular flexibility index (Phi) is 2.09. The number of rotatable bonds is 1. The van der Waals surface area contributed by atoms with Crippen LogP contribution in [-0.2, 0) is 6.54 Å². The van der Waals surface area contributed by atoms with Crippen LogP contribution in [0.25, 0.3) is 10.8 Å². The predicted octanol–water partition coefficient (Wildman–Crippen LogP) is 1.30. The number of hydrogen-bond donors (Lipinski definition) is 2. The fraction of sp³-hybridized carbons (Fsp3) is 0.182. The van der Waals surface area contributed by atoms with E-state index < -0.39 is 0 Å². The van der Waals surface area contributed by atoms with E-state index in [9.17, 15) is 4.79 Å². The largest absolute Gasteiger partial charge is 0.325 e. The quantitative estimate of drug-likeness (QED) is 0.708. The molecular weight excluding hydrogens is 176 g/mol. The molecule has 2 aromatic rings. The molecule has 3 nitrogen and oxygen atoms in total. The first-order chi connectivity index (χ1) is 6.72. The van der Waals surface area contributed by atoms with Gasteiger partial charge in [-0.25, -0.2) is 0 Å². The van der Waals surface area contributed by atoms with Gasteiger partial charge >= 0.3 is 0 Å². The van der Waals surface area contributed by atoms with Gasteiger partial charge in [-0.05, 0) is 30.0 Å². The Hall–Kier alpha value is -1.61. The van der Waals surface area contributed by atoms with Crippen molar-refractivity contribution < 1.29 is 0 Å². The van der Waals surface area contributed by atoms with Gasteiger partial charge in [0.05, 0.1) is 0 Å². The van der Waals surface area contributed by atoms with E-state index in [-0.39, 0.29) is 5.56 Å². The summed E-state index contributed by atoms with van der Waals surface area (Å²) in [4.78, 5) is 14.3. The van der Waals surface area contributed by atoms with Gasteiger partial charge < -0.3 is 10.7 Å². The molecule has 0 aliphatic heterocycles. The topological polar surface area (TPSA) is 58.9 Å². The second kappa shape index (κ2) is 3.27. The van der Waals surface area contributed by atoms with E-state index in [2.05, 4.69) is 4.98 Å². The number of hydrogen-bond acceptors (Lipinski definition) is 2. The van der Waals surface area contributed by atoms with Gasteiger partial charge in [0.2, 0.25) is 0 Å². The molecular formula is C11H12N2O. The van der Waals surface area contributed by atoms with Gasteiger partial charge in [0.1, 0.15) is 0 Å². The van der Waals surface area contributed by atoms with E-state index in [1.165, 1.54) is 0 Å². The minimum atomic E-state index is -0.0633. The summed E-state index contributed by atoms with van der Waals surface area (Å²) < 4.78 is 0. The van der Waals surface area contributed by atoms with E-state index in [1.807, 2.05) is 31.2 Å². The second-order valence-corrected chi connectivity index (χ2v) is 3.36. The van der Waals surface area contributed by atoms with E-state index in [0.717, 1.165) is 22.0 Å². The Morgan fingerprint density at radius 3 is 2.86 bits per heavy atom. The lowest BCUT2D eigenvalue weighted by molar-refractivity contribution is 0.982. The molecule has 1 aromatic heterocycles. The Labute approximate surface area is 81.6 Å². The Morgan fingerprint density at radius 1 is 1.36 bits per heavy atom. The molecule has 0 bridgehead atoms. The molecule has 1 heterocycles. The highest BCUT2D eigenvalue weighted by molar-refractivity contribution is 5.84. The monoisotopic (exact) mass is 188 g/mol. The lowest BCUT2D eigenvalue weighted by Crippen LogP contribution is -2.12. The smallest absolute Gasteiger partial charge is 0.256 e. The zero-order valence-corrected chi connectivity index (χ0v) is 8.00. The molecule has 72 valence electrons. The first-order valence-corrected chi connectivity index (χ1v) is 4.54. The number of aromatic amines is 1. The first kappa shape index (κ1) is 8.97. The van der Waals surface area contributed by atoms with Crippen LogP contribution in [0.15, 0.2) is 29.1 Å². The van der Waals surface area contributed by atoms with E-state index in [1.54, 1.807) is 0 Å². The highest BCUT2D eigenvalue weighted by Crippen LogP contribution is 2.14. The summed E-state index contributed by atoms with van der Waals surface area (Å²) in [5.41, 5.74) is 7.30. The summed E-state index contributed by atoms with van der Waals surface area (Å²) in [5, 5.41) is 1.71. The minimum absolute atomic E-state index is 0.0633. The van der Waals surface area contributed by atoms with Gasteiger partial charge in [0.25, 0.3) is 5.56 Å². The average Bonchev–Trinajstić information content (AvgIpc) is 2.19. The van der Waals surface area contributed by atoms with Crippen molar-refractivity contribution in [3.63, 3.8) is 0 Å². The maximum Gasteiger partial charge on any atom is 0.256 e. The fourth-order valence-electron chi connectivity index (χ4n) is 1.60. The minimum Gasteiger partial charge on any atom is -0.325 e. The molecule has 0 spiro atoms. The number of nitrogens with two attached hydrogens (primary N) is 1. The molecule has 0 aliphatic carbocycles. The van der Waals surface area contributed by atoms with Crippen molar-refractivity contribution in [3.8, 4) is 0 Å². The number of benzene rings is 1. The molecule has 3 heteroatoms. The van der Waals surface area contributed by atoms with Gasteiger partial charge in [0.15, 0.2) is 0 Å². The molecule has 0 saturated heterocycles. The van der Waals surface area contributed by atoms with Crippen molar-refractivity contribution in [2.24, 2.45) is 5.73 Å². The second-order valence-electron chi connectivity index (χ2n) is 3.36. The van der Waals surface area contributed by atoms with Crippen molar-refractivity contribution in [2.75, 3.05) is 0 Å². The molecule has 0 fully saturated rings. The van der Waals surface area contributed by atoms with E-state index in [0.29, 0.717) is 6.54 Å². The summed E-state index contributed by atoms with van der Waals surface area (Å²) in [5.74, 6) is 0. The number of aromatic nitrogens is 1. The number of aryl methyl sites for hydroxylation is 1. The first-order valence-electron chi connectivity index (χ1n) is 4.54. The van der Waals surface area contributed by atoms with Crippen LogP contribution in [0.5, 0.6) is 0 Å². The number of H-pyrrole nitrogens is 1. The zero-order valence-electron chi connectivity index (χ0n) is 8.00. The molecule has 0 unspecified atom stereocenters. The summed E-state index contributed by atoms with van der Waals surface area (Å²) in [6.07, 6.45) is 0. The third-order valence-corrected chi connectivity index (χ3v) is 2.38. The number of fused-ring (bicyclic) bond motifs is 1. The number of nitrogens with one attached hydrogen (secondary N) is 1. The van der Waals surface area contributed by atoms with Crippen LogP contribution in [-0.4, -0.2) is 4.98 Å².